The fraction of sp³-hybridized carbons (Fsp3) is 0.385. The summed E-state index contributed by atoms with van der Waals surface area (Å²) in [6, 6.07) is -0.847. The summed E-state index contributed by atoms with van der Waals surface area (Å²) in [4.78, 5) is 22.6. The van der Waals surface area contributed by atoms with Crippen molar-refractivity contribution in [3.05, 3.63) is 36.4 Å². The molecule has 2 rings (SSSR count). The summed E-state index contributed by atoms with van der Waals surface area (Å²) in [6.07, 6.45) is 4.14. The van der Waals surface area contributed by atoms with Crippen molar-refractivity contribution in [1.82, 2.24) is 15.1 Å². The maximum absolute atomic E-state index is 12.3. The highest BCUT2D eigenvalue weighted by Gasteiger charge is 2.37. The molecule has 0 aromatic carbocycles. The summed E-state index contributed by atoms with van der Waals surface area (Å²) in [7, 11) is 3.50. The Labute approximate surface area is 125 Å². The molecular formula is C13H15F3N4O2. The van der Waals surface area contributed by atoms with Crippen LogP contribution in [0.5, 0.6) is 0 Å². The van der Waals surface area contributed by atoms with E-state index in [-0.39, 0.29) is 5.78 Å². The molecule has 22 heavy (non-hydrogen) atoms. The Kier molecular flexibility index (Phi) is 4.55. The minimum Gasteiger partial charge on any atom is -0.383 e. The summed E-state index contributed by atoms with van der Waals surface area (Å²) in [5.74, 6) is 0.0121. The minimum atomic E-state index is -4.47. The van der Waals surface area contributed by atoms with Crippen molar-refractivity contribution in [1.29, 1.82) is 0 Å². The van der Waals surface area contributed by atoms with E-state index in [1.807, 2.05) is 0 Å². The lowest BCUT2D eigenvalue weighted by molar-refractivity contribution is -0.293. The Morgan fingerprint density at radius 2 is 2.23 bits per heavy atom. The molecule has 0 N–H and O–H groups in total. The molecule has 6 nitrogen and oxygen atoms in total. The third-order valence-corrected chi connectivity index (χ3v) is 2.71. The number of nitrogens with zero attached hydrogens (tertiary/aromatic N) is 4. The van der Waals surface area contributed by atoms with Crippen LogP contribution in [0.2, 0.25) is 0 Å². The van der Waals surface area contributed by atoms with E-state index in [9.17, 15) is 18.0 Å². The fourth-order valence-electron chi connectivity index (χ4n) is 1.79. The van der Waals surface area contributed by atoms with Crippen molar-refractivity contribution < 1.29 is 22.8 Å². The van der Waals surface area contributed by atoms with Crippen LogP contribution in [0.4, 0.5) is 13.2 Å². The van der Waals surface area contributed by atoms with E-state index < -0.39 is 18.8 Å². The van der Waals surface area contributed by atoms with E-state index in [4.69, 9.17) is 4.84 Å². The van der Waals surface area contributed by atoms with Gasteiger partial charge in [-0.15, -0.1) is 0 Å². The monoisotopic (exact) mass is 316 g/mol. The van der Waals surface area contributed by atoms with Gasteiger partial charge in [0.2, 0.25) is 0 Å². The van der Waals surface area contributed by atoms with Gasteiger partial charge in [-0.25, -0.2) is 14.8 Å². The zero-order valence-corrected chi connectivity index (χ0v) is 12.0. The largest absolute Gasteiger partial charge is 0.414 e. The number of halogens is 3. The van der Waals surface area contributed by atoms with Crippen LogP contribution in [0.15, 0.2) is 41.4 Å². The normalized spacial score (nSPS) is 20.6. The maximum Gasteiger partial charge on any atom is 0.414 e. The predicted molar refractivity (Wildman–Crippen MR) is 73.0 cm³/mol. The van der Waals surface area contributed by atoms with Crippen molar-refractivity contribution in [3.63, 3.8) is 0 Å². The highest BCUT2D eigenvalue weighted by atomic mass is 19.4. The van der Waals surface area contributed by atoms with Gasteiger partial charge in [-0.3, -0.25) is 4.79 Å². The fourth-order valence-corrected chi connectivity index (χ4v) is 1.79. The molecule has 0 aliphatic carbocycles. The van der Waals surface area contributed by atoms with E-state index in [2.05, 4.69) is 4.99 Å². The van der Waals surface area contributed by atoms with Crippen LogP contribution in [0.3, 0.4) is 0 Å². The Bertz CT molecular complexity index is 552. The van der Waals surface area contributed by atoms with Crippen LogP contribution < -0.4 is 0 Å². The molecule has 120 valence electrons. The van der Waals surface area contributed by atoms with Gasteiger partial charge in [0, 0.05) is 26.5 Å². The van der Waals surface area contributed by atoms with Crippen molar-refractivity contribution in [2.75, 3.05) is 20.7 Å². The first-order chi connectivity index (χ1) is 10.3. The summed E-state index contributed by atoms with van der Waals surface area (Å²) in [5.41, 5.74) is 0. The molecule has 2 aliphatic rings. The first-order valence-electron chi connectivity index (χ1n) is 6.37. The first-order valence-corrected chi connectivity index (χ1v) is 6.37. The number of ketones is 1. The smallest absolute Gasteiger partial charge is 0.383 e. The van der Waals surface area contributed by atoms with Crippen LogP contribution in [0.25, 0.3) is 0 Å². The van der Waals surface area contributed by atoms with E-state index >= 15 is 0 Å². The second-order valence-electron chi connectivity index (χ2n) is 4.81. The number of hydrazine groups is 1. The van der Waals surface area contributed by atoms with Gasteiger partial charge in [0.25, 0.3) is 0 Å². The van der Waals surface area contributed by atoms with Crippen LogP contribution in [0, 0.1) is 0 Å². The lowest BCUT2D eigenvalue weighted by Crippen LogP contribution is -2.48. The van der Waals surface area contributed by atoms with E-state index in [1.165, 1.54) is 29.6 Å². The number of alkyl halides is 3. The molecule has 0 bridgehead atoms. The molecule has 0 saturated heterocycles. The number of hydroxylamine groups is 1. The molecule has 9 heteroatoms. The van der Waals surface area contributed by atoms with Gasteiger partial charge >= 0.3 is 6.18 Å². The molecule has 1 unspecified atom stereocenters. The topological polar surface area (TPSA) is 48.4 Å². The van der Waals surface area contributed by atoms with Crippen LogP contribution in [-0.2, 0) is 9.63 Å². The molecule has 0 spiro atoms. The van der Waals surface area contributed by atoms with Crippen molar-refractivity contribution in [2.24, 2.45) is 4.99 Å². The van der Waals surface area contributed by atoms with Crippen LogP contribution in [0.1, 0.15) is 0 Å². The van der Waals surface area contributed by atoms with Gasteiger partial charge in [-0.05, 0) is 18.2 Å². The van der Waals surface area contributed by atoms with Gasteiger partial charge < -0.3 is 4.90 Å². The molecule has 0 aromatic heterocycles. The zero-order valence-electron chi connectivity index (χ0n) is 12.0. The van der Waals surface area contributed by atoms with E-state index in [0.29, 0.717) is 5.82 Å². The number of rotatable bonds is 5. The Balaban J connectivity index is 2.10. The molecular weight excluding hydrogens is 301 g/mol. The molecule has 0 aromatic rings. The third-order valence-electron chi connectivity index (χ3n) is 2.71. The molecule has 0 radical (unpaired) electrons. The molecule has 0 amide bonds. The maximum atomic E-state index is 12.3. The lowest BCUT2D eigenvalue weighted by atomic mass is 10.2. The van der Waals surface area contributed by atoms with Crippen LogP contribution in [-0.4, -0.2) is 60.0 Å². The minimum absolute atomic E-state index is 0.322. The second kappa shape index (κ2) is 6.22. The molecule has 2 heterocycles. The molecule has 1 atom stereocenters. The quantitative estimate of drug-likeness (QED) is 0.719. The number of fused-ring (bicyclic) bond motifs is 1. The number of carbonyl (C=O) groups is 1. The van der Waals surface area contributed by atoms with Crippen molar-refractivity contribution >= 4 is 12.0 Å². The number of allylic oxidation sites excluding steroid dienone is 2. The Morgan fingerprint density at radius 3 is 2.86 bits per heavy atom. The third kappa shape index (κ3) is 3.88. The number of aliphatic imine (C=N–C) groups is 1. The Hall–Kier alpha value is -2.29. The molecule has 2 aliphatic heterocycles. The van der Waals surface area contributed by atoms with Crippen LogP contribution >= 0.6 is 0 Å². The lowest BCUT2D eigenvalue weighted by Gasteiger charge is -2.35. The zero-order chi connectivity index (χ0) is 16.3. The van der Waals surface area contributed by atoms with E-state index in [0.717, 1.165) is 5.17 Å². The number of hydrogen-bond acceptors (Lipinski definition) is 6. The summed E-state index contributed by atoms with van der Waals surface area (Å²) < 4.78 is 36.9. The van der Waals surface area contributed by atoms with Crippen molar-refractivity contribution in [3.8, 4) is 0 Å². The summed E-state index contributed by atoms with van der Waals surface area (Å²) in [5, 5.41) is 2.13. The highest BCUT2D eigenvalue weighted by Crippen LogP contribution is 2.26. The van der Waals surface area contributed by atoms with Gasteiger partial charge in [0.15, 0.2) is 18.4 Å². The summed E-state index contributed by atoms with van der Waals surface area (Å²) >= 11 is 0. The second-order valence-corrected chi connectivity index (χ2v) is 4.81. The van der Waals surface area contributed by atoms with Gasteiger partial charge in [0.05, 0.1) is 6.20 Å². The van der Waals surface area contributed by atoms with Gasteiger partial charge in [-0.2, -0.15) is 18.3 Å². The standard InChI is InChI=1S/C13H15F3N4O2/c1-18(2)7-5-11(21)10-8-17-12-4-3-6-19(20(10)12)22-9-13(14,15)16/h3-8,10H,9H2,1-2H3. The van der Waals surface area contributed by atoms with Gasteiger partial charge in [0.1, 0.15) is 5.82 Å². The number of hydrogen-bond donors (Lipinski definition) is 0. The predicted octanol–water partition coefficient (Wildman–Crippen LogP) is 1.47. The highest BCUT2D eigenvalue weighted by molar-refractivity contribution is 6.06. The van der Waals surface area contributed by atoms with E-state index in [1.54, 1.807) is 31.3 Å². The SMILES string of the molecule is CN(C)C=CC(=O)C1C=NC2=CC=CN(OCC(F)(F)F)N21. The average molecular weight is 316 g/mol. The Morgan fingerprint density at radius 1 is 1.50 bits per heavy atom. The summed E-state index contributed by atoms with van der Waals surface area (Å²) in [6.45, 7) is -1.46. The number of carbonyl (C=O) groups excluding carboxylic acids is 1. The first kappa shape index (κ1) is 16.1. The molecule has 0 saturated carbocycles. The average Bonchev–Trinajstić information content (AvgIpc) is 2.86. The van der Waals surface area contributed by atoms with Gasteiger partial charge in [-0.1, -0.05) is 0 Å². The molecule has 0 fully saturated rings. The van der Waals surface area contributed by atoms with Crippen molar-refractivity contribution in [2.45, 2.75) is 12.2 Å².